The van der Waals surface area contributed by atoms with Gasteiger partial charge in [0.05, 0.1) is 35.7 Å². The Balaban J connectivity index is 1.51. The summed E-state index contributed by atoms with van der Waals surface area (Å²) in [4.78, 5) is 25.4. The van der Waals surface area contributed by atoms with Gasteiger partial charge in [-0.1, -0.05) is 41.6 Å². The van der Waals surface area contributed by atoms with E-state index in [9.17, 15) is 22.8 Å². The van der Waals surface area contributed by atoms with Crippen LogP contribution in [0.1, 0.15) is 27.3 Å². The Morgan fingerprint density at radius 1 is 1.05 bits per heavy atom. The molecule has 0 unspecified atom stereocenters. The average Bonchev–Trinajstić information content (AvgIpc) is 3.34. The van der Waals surface area contributed by atoms with E-state index < -0.39 is 17.6 Å². The van der Waals surface area contributed by atoms with Crippen LogP contribution in [0.4, 0.5) is 18.9 Å². The molecule has 0 saturated carbocycles. The second kappa shape index (κ2) is 12.4. The number of ether oxygens (including phenoxy) is 1. The number of carbonyl (C=O) groups excluding carboxylic acids is 2. The van der Waals surface area contributed by atoms with E-state index in [-0.39, 0.29) is 28.9 Å². The third-order valence-electron chi connectivity index (χ3n) is 5.60. The fourth-order valence-electron chi connectivity index (χ4n) is 3.67. The minimum absolute atomic E-state index is 0.0247. The number of hydrogen-bond acceptors (Lipinski definition) is 6. The molecule has 4 aromatic rings. The fourth-order valence-corrected chi connectivity index (χ4v) is 4.61. The molecule has 0 atom stereocenters. The van der Waals surface area contributed by atoms with Crippen LogP contribution in [0.3, 0.4) is 0 Å². The number of benzene rings is 3. The lowest BCUT2D eigenvalue weighted by molar-refractivity contribution is -0.137. The highest BCUT2D eigenvalue weighted by molar-refractivity contribution is 7.99. The van der Waals surface area contributed by atoms with Gasteiger partial charge in [0.1, 0.15) is 5.75 Å². The first kappa shape index (κ1) is 29.0. The van der Waals surface area contributed by atoms with Crippen molar-refractivity contribution < 1.29 is 27.5 Å². The number of carbonyl (C=O) groups is 2. The van der Waals surface area contributed by atoms with Crippen molar-refractivity contribution in [1.82, 2.24) is 20.1 Å². The number of thioether (sulfide) groups is 1. The molecule has 13 heteroatoms. The topological polar surface area (TPSA) is 98.1 Å². The summed E-state index contributed by atoms with van der Waals surface area (Å²) < 4.78 is 46.1. The van der Waals surface area contributed by atoms with Crippen molar-refractivity contribution in [2.45, 2.75) is 24.8 Å². The van der Waals surface area contributed by atoms with Crippen LogP contribution in [-0.2, 0) is 17.5 Å². The van der Waals surface area contributed by atoms with E-state index in [4.69, 9.17) is 16.3 Å². The van der Waals surface area contributed by atoms with E-state index in [0.717, 1.165) is 35.5 Å². The van der Waals surface area contributed by atoms with Crippen LogP contribution in [0.15, 0.2) is 71.9 Å². The monoisotopic (exact) mass is 589 g/mol. The van der Waals surface area contributed by atoms with Crippen molar-refractivity contribution in [1.29, 1.82) is 0 Å². The molecule has 3 aromatic carbocycles. The van der Waals surface area contributed by atoms with Gasteiger partial charge in [-0.3, -0.25) is 14.2 Å². The van der Waals surface area contributed by atoms with Crippen LogP contribution in [0.5, 0.6) is 5.75 Å². The number of rotatable bonds is 9. The Kier molecular flexibility index (Phi) is 9.00. The van der Waals surface area contributed by atoms with E-state index in [1.165, 1.54) is 7.11 Å². The number of anilines is 1. The second-order valence-electron chi connectivity index (χ2n) is 8.52. The van der Waals surface area contributed by atoms with Crippen molar-refractivity contribution in [2.75, 3.05) is 18.2 Å². The fraction of sp³-hybridized carbons (Fsp3) is 0.185. The zero-order chi connectivity index (χ0) is 28.9. The molecule has 208 valence electrons. The summed E-state index contributed by atoms with van der Waals surface area (Å²) in [5.74, 6) is -0.168. The summed E-state index contributed by atoms with van der Waals surface area (Å²) in [6.07, 6.45) is -4.58. The number of methoxy groups -OCH3 is 1. The molecule has 0 saturated heterocycles. The highest BCUT2D eigenvalue weighted by Gasteiger charge is 2.31. The molecule has 40 heavy (non-hydrogen) atoms. The molecule has 2 amide bonds. The summed E-state index contributed by atoms with van der Waals surface area (Å²) in [6, 6.07) is 16.9. The van der Waals surface area contributed by atoms with Gasteiger partial charge < -0.3 is 15.4 Å². The summed E-state index contributed by atoms with van der Waals surface area (Å²) >= 11 is 7.03. The van der Waals surface area contributed by atoms with Crippen LogP contribution < -0.4 is 15.4 Å². The average molecular weight is 590 g/mol. The van der Waals surface area contributed by atoms with Gasteiger partial charge in [0.25, 0.3) is 5.91 Å². The first-order valence-corrected chi connectivity index (χ1v) is 13.1. The number of halogens is 4. The molecule has 8 nitrogen and oxygen atoms in total. The first-order chi connectivity index (χ1) is 19.0. The Morgan fingerprint density at radius 2 is 1.82 bits per heavy atom. The maximum Gasteiger partial charge on any atom is 0.416 e. The number of alkyl halides is 3. The van der Waals surface area contributed by atoms with E-state index in [1.54, 1.807) is 28.8 Å². The third-order valence-corrected chi connectivity index (χ3v) is 6.86. The number of nitrogens with zero attached hydrogens (tertiary/aromatic N) is 3. The van der Waals surface area contributed by atoms with Gasteiger partial charge in [-0.15, -0.1) is 10.2 Å². The number of aryl methyl sites for hydroxylation is 1. The van der Waals surface area contributed by atoms with Crippen LogP contribution >= 0.6 is 23.4 Å². The summed E-state index contributed by atoms with van der Waals surface area (Å²) in [7, 11) is 1.51. The second-order valence-corrected chi connectivity index (χ2v) is 9.87. The Morgan fingerprint density at radius 3 is 2.55 bits per heavy atom. The van der Waals surface area contributed by atoms with E-state index >= 15 is 0 Å². The lowest BCUT2D eigenvalue weighted by Gasteiger charge is -2.13. The number of aromatic nitrogens is 3. The van der Waals surface area contributed by atoms with Crippen LogP contribution in [0, 0.1) is 6.92 Å². The standard InChI is InChI=1S/C27H23ClF3N5O3S/c1-16-5-3-7-19(11-16)36-23(14-32-25(38)17-6-4-8-20(12-17)39-2)34-35-26(36)40-15-24(37)33-22-13-18(27(29,30)31)9-10-21(22)28/h3-13H,14-15H2,1-2H3,(H,32,38)(H,33,37). The molecular weight excluding hydrogens is 567 g/mol. The van der Waals surface area contributed by atoms with Gasteiger partial charge in [-0.25, -0.2) is 0 Å². The van der Waals surface area contributed by atoms with Crippen molar-refractivity contribution in [3.63, 3.8) is 0 Å². The Hall–Kier alpha value is -4.03. The minimum Gasteiger partial charge on any atom is -0.497 e. The van der Waals surface area contributed by atoms with E-state index in [2.05, 4.69) is 20.8 Å². The summed E-state index contributed by atoms with van der Waals surface area (Å²) in [5, 5.41) is 14.0. The van der Waals surface area contributed by atoms with Crippen molar-refractivity contribution in [3.8, 4) is 11.4 Å². The van der Waals surface area contributed by atoms with Gasteiger partial charge in [0, 0.05) is 11.3 Å². The number of amides is 2. The molecular formula is C27H23ClF3N5O3S. The quantitative estimate of drug-likeness (QED) is 0.235. The predicted molar refractivity (Wildman–Crippen MR) is 146 cm³/mol. The molecule has 2 N–H and O–H groups in total. The zero-order valence-electron chi connectivity index (χ0n) is 21.3. The Labute approximate surface area is 236 Å². The normalized spacial score (nSPS) is 11.2. The highest BCUT2D eigenvalue weighted by atomic mass is 35.5. The molecule has 1 aromatic heterocycles. The van der Waals surface area contributed by atoms with Crippen molar-refractivity contribution >= 4 is 40.9 Å². The van der Waals surface area contributed by atoms with Gasteiger partial charge in [-0.05, 0) is 61.0 Å². The lowest BCUT2D eigenvalue weighted by Crippen LogP contribution is -2.24. The van der Waals surface area contributed by atoms with Gasteiger partial charge in [0.2, 0.25) is 5.91 Å². The molecule has 0 aliphatic heterocycles. The maximum atomic E-state index is 13.1. The number of hydrogen-bond donors (Lipinski definition) is 2. The van der Waals surface area contributed by atoms with E-state index in [1.807, 2.05) is 31.2 Å². The molecule has 0 aliphatic rings. The third kappa shape index (κ3) is 7.13. The number of nitrogens with one attached hydrogen (secondary N) is 2. The van der Waals surface area contributed by atoms with Crippen LogP contribution in [0.2, 0.25) is 5.02 Å². The molecule has 0 aliphatic carbocycles. The Bertz CT molecular complexity index is 1540. The largest absolute Gasteiger partial charge is 0.497 e. The lowest BCUT2D eigenvalue weighted by atomic mass is 10.2. The predicted octanol–water partition coefficient (Wildman–Crippen LogP) is 5.92. The van der Waals surface area contributed by atoms with Gasteiger partial charge >= 0.3 is 6.18 Å². The molecule has 0 spiro atoms. The molecule has 0 bridgehead atoms. The molecule has 1 heterocycles. The van der Waals surface area contributed by atoms with E-state index in [0.29, 0.717) is 28.0 Å². The zero-order valence-corrected chi connectivity index (χ0v) is 22.8. The molecule has 0 radical (unpaired) electrons. The SMILES string of the molecule is COc1cccc(C(=O)NCc2nnc(SCC(=O)Nc3cc(C(F)(F)F)ccc3Cl)n2-c2cccc(C)c2)c1. The molecule has 0 fully saturated rings. The van der Waals surface area contributed by atoms with Crippen molar-refractivity contribution in [3.05, 3.63) is 94.3 Å². The summed E-state index contributed by atoms with van der Waals surface area (Å²) in [6.45, 7) is 1.95. The highest BCUT2D eigenvalue weighted by Crippen LogP contribution is 2.34. The van der Waals surface area contributed by atoms with Crippen LogP contribution in [0.25, 0.3) is 5.69 Å². The minimum atomic E-state index is -4.58. The van der Waals surface area contributed by atoms with Crippen LogP contribution in [-0.4, -0.2) is 39.4 Å². The first-order valence-electron chi connectivity index (χ1n) is 11.8. The van der Waals surface area contributed by atoms with Crippen molar-refractivity contribution in [2.24, 2.45) is 0 Å². The summed E-state index contributed by atoms with van der Waals surface area (Å²) in [5.41, 5.74) is 0.994. The maximum absolute atomic E-state index is 13.1. The van der Waals surface area contributed by atoms with Gasteiger partial charge in [-0.2, -0.15) is 13.2 Å². The smallest absolute Gasteiger partial charge is 0.416 e. The molecule has 4 rings (SSSR count). The van der Waals surface area contributed by atoms with Gasteiger partial charge in [0.15, 0.2) is 11.0 Å².